The molecular formula is C13H12ClN3O2. The minimum atomic E-state index is -1.11. The van der Waals surface area contributed by atoms with Crippen molar-refractivity contribution in [1.29, 1.82) is 0 Å². The number of pyridine rings is 1. The van der Waals surface area contributed by atoms with Crippen molar-refractivity contribution >= 4 is 34.8 Å². The molecule has 0 saturated heterocycles. The number of hydrogen-bond acceptors (Lipinski definition) is 4. The highest BCUT2D eigenvalue weighted by atomic mass is 35.5. The predicted molar refractivity (Wildman–Crippen MR) is 75.1 cm³/mol. The fraction of sp³-hybridized carbons (Fsp3) is 0.0769. The van der Waals surface area contributed by atoms with Crippen LogP contribution >= 0.6 is 11.6 Å². The average molecular weight is 278 g/mol. The lowest BCUT2D eigenvalue weighted by molar-refractivity contribution is 0.0697. The van der Waals surface area contributed by atoms with Crippen molar-refractivity contribution in [3.8, 4) is 0 Å². The number of nitrogens with one attached hydrogen (secondary N) is 1. The second kappa shape index (κ2) is 5.16. The first-order valence-electron chi connectivity index (χ1n) is 5.50. The molecule has 0 spiro atoms. The summed E-state index contributed by atoms with van der Waals surface area (Å²) in [7, 11) is 0. The van der Waals surface area contributed by atoms with Gasteiger partial charge in [0.15, 0.2) is 0 Å². The Morgan fingerprint density at radius 1 is 1.47 bits per heavy atom. The van der Waals surface area contributed by atoms with Crippen molar-refractivity contribution in [1.82, 2.24) is 4.98 Å². The largest absolute Gasteiger partial charge is 0.478 e. The summed E-state index contributed by atoms with van der Waals surface area (Å²) in [6, 6.07) is 6.78. The maximum absolute atomic E-state index is 11.1. The normalized spacial score (nSPS) is 10.2. The first kappa shape index (κ1) is 13.2. The van der Waals surface area contributed by atoms with Crippen LogP contribution < -0.4 is 11.1 Å². The molecule has 19 heavy (non-hydrogen) atoms. The summed E-state index contributed by atoms with van der Waals surface area (Å²) < 4.78 is 0. The van der Waals surface area contributed by atoms with E-state index in [1.165, 1.54) is 12.3 Å². The summed E-state index contributed by atoms with van der Waals surface area (Å²) in [5.41, 5.74) is 7.31. The second-order valence-corrected chi connectivity index (χ2v) is 4.41. The van der Waals surface area contributed by atoms with Crippen LogP contribution in [0, 0.1) is 6.92 Å². The quantitative estimate of drug-likeness (QED) is 0.802. The zero-order valence-electron chi connectivity index (χ0n) is 10.1. The van der Waals surface area contributed by atoms with Crippen LogP contribution in [-0.2, 0) is 0 Å². The van der Waals surface area contributed by atoms with E-state index in [-0.39, 0.29) is 11.4 Å². The molecule has 0 aliphatic carbocycles. The minimum absolute atomic E-state index is 0.00225. The van der Waals surface area contributed by atoms with Crippen molar-refractivity contribution < 1.29 is 9.90 Å². The Morgan fingerprint density at radius 3 is 2.89 bits per heavy atom. The lowest BCUT2D eigenvalue weighted by Crippen LogP contribution is -2.06. The van der Waals surface area contributed by atoms with Gasteiger partial charge in [0, 0.05) is 0 Å². The second-order valence-electron chi connectivity index (χ2n) is 4.03. The third kappa shape index (κ3) is 2.77. The van der Waals surface area contributed by atoms with Gasteiger partial charge in [0.05, 0.1) is 22.6 Å². The van der Waals surface area contributed by atoms with E-state index in [1.54, 1.807) is 6.07 Å². The van der Waals surface area contributed by atoms with Crippen LogP contribution in [0.2, 0.25) is 5.02 Å². The molecule has 0 saturated carbocycles. The van der Waals surface area contributed by atoms with E-state index in [0.717, 1.165) is 5.56 Å². The van der Waals surface area contributed by atoms with E-state index in [9.17, 15) is 4.79 Å². The van der Waals surface area contributed by atoms with Crippen LogP contribution in [0.25, 0.3) is 0 Å². The molecule has 5 nitrogen and oxygen atoms in total. The number of aromatic nitrogens is 1. The Kier molecular flexibility index (Phi) is 3.57. The van der Waals surface area contributed by atoms with Gasteiger partial charge in [-0.15, -0.1) is 0 Å². The summed E-state index contributed by atoms with van der Waals surface area (Å²) in [4.78, 5) is 15.1. The van der Waals surface area contributed by atoms with E-state index in [1.807, 2.05) is 19.1 Å². The highest BCUT2D eigenvalue weighted by Crippen LogP contribution is 2.29. The first-order chi connectivity index (χ1) is 8.99. The molecule has 98 valence electrons. The summed E-state index contributed by atoms with van der Waals surface area (Å²) >= 11 is 6.14. The third-order valence-corrected chi connectivity index (χ3v) is 3.09. The summed E-state index contributed by atoms with van der Waals surface area (Å²) in [5.74, 6) is -0.903. The topological polar surface area (TPSA) is 88.2 Å². The third-order valence-electron chi connectivity index (χ3n) is 2.58. The number of hydrogen-bond donors (Lipinski definition) is 3. The van der Waals surface area contributed by atoms with E-state index in [0.29, 0.717) is 16.4 Å². The zero-order valence-corrected chi connectivity index (χ0v) is 10.9. The van der Waals surface area contributed by atoms with Crippen molar-refractivity contribution in [2.45, 2.75) is 6.92 Å². The fourth-order valence-corrected chi connectivity index (χ4v) is 1.79. The first-order valence-corrected chi connectivity index (χ1v) is 5.88. The smallest absolute Gasteiger partial charge is 0.339 e. The van der Waals surface area contributed by atoms with E-state index >= 15 is 0 Å². The summed E-state index contributed by atoms with van der Waals surface area (Å²) in [6.07, 6.45) is 1.39. The number of halogens is 1. The maximum atomic E-state index is 11.1. The van der Waals surface area contributed by atoms with Crippen LogP contribution in [-0.4, -0.2) is 16.1 Å². The van der Waals surface area contributed by atoms with Crippen LogP contribution in [0.3, 0.4) is 0 Å². The van der Waals surface area contributed by atoms with Gasteiger partial charge in [-0.25, -0.2) is 9.78 Å². The Hall–Kier alpha value is -2.27. The predicted octanol–water partition coefficient (Wildman–Crippen LogP) is 3.07. The number of carboxylic acid groups (broad SMARTS) is 1. The van der Waals surface area contributed by atoms with Gasteiger partial charge in [-0.3, -0.25) is 0 Å². The Bertz CT molecular complexity index is 644. The van der Waals surface area contributed by atoms with E-state index in [2.05, 4.69) is 10.3 Å². The summed E-state index contributed by atoms with van der Waals surface area (Å²) in [5, 5.41) is 12.6. The van der Waals surface area contributed by atoms with E-state index in [4.69, 9.17) is 22.4 Å². The van der Waals surface area contributed by atoms with Gasteiger partial charge in [0.2, 0.25) is 0 Å². The number of carboxylic acids is 1. The molecule has 0 unspecified atom stereocenters. The lowest BCUT2D eigenvalue weighted by Gasteiger charge is -2.11. The SMILES string of the molecule is Cc1cccc(Nc2ncc(N)cc2C(=O)O)c1Cl. The van der Waals surface area contributed by atoms with Gasteiger partial charge in [-0.2, -0.15) is 0 Å². The van der Waals surface area contributed by atoms with Crippen LogP contribution in [0.15, 0.2) is 30.5 Å². The molecule has 1 heterocycles. The van der Waals surface area contributed by atoms with Crippen LogP contribution in [0.1, 0.15) is 15.9 Å². The number of nitrogens with two attached hydrogens (primary N) is 1. The Morgan fingerprint density at radius 2 is 2.21 bits per heavy atom. The molecule has 2 rings (SSSR count). The van der Waals surface area contributed by atoms with Gasteiger partial charge in [-0.1, -0.05) is 23.7 Å². The monoisotopic (exact) mass is 277 g/mol. The molecular weight excluding hydrogens is 266 g/mol. The molecule has 1 aromatic carbocycles. The van der Waals surface area contributed by atoms with Gasteiger partial charge < -0.3 is 16.2 Å². The molecule has 0 aliphatic rings. The van der Waals surface area contributed by atoms with Gasteiger partial charge >= 0.3 is 5.97 Å². The summed E-state index contributed by atoms with van der Waals surface area (Å²) in [6.45, 7) is 1.86. The number of benzene rings is 1. The molecule has 0 fully saturated rings. The highest BCUT2D eigenvalue weighted by molar-refractivity contribution is 6.34. The lowest BCUT2D eigenvalue weighted by atomic mass is 10.2. The van der Waals surface area contributed by atoms with Crippen LogP contribution in [0.5, 0.6) is 0 Å². The van der Waals surface area contributed by atoms with Crippen molar-refractivity contribution in [3.05, 3.63) is 46.6 Å². The van der Waals surface area contributed by atoms with Gasteiger partial charge in [0.25, 0.3) is 0 Å². The molecule has 2 aromatic rings. The molecule has 4 N–H and O–H groups in total. The molecule has 0 bridgehead atoms. The van der Waals surface area contributed by atoms with E-state index < -0.39 is 5.97 Å². The molecule has 0 amide bonds. The van der Waals surface area contributed by atoms with Crippen molar-refractivity contribution in [3.63, 3.8) is 0 Å². The van der Waals surface area contributed by atoms with Gasteiger partial charge in [0.1, 0.15) is 11.4 Å². The van der Waals surface area contributed by atoms with Crippen molar-refractivity contribution in [2.75, 3.05) is 11.1 Å². The number of aryl methyl sites for hydroxylation is 1. The Balaban J connectivity index is 2.44. The molecule has 0 atom stereocenters. The zero-order chi connectivity index (χ0) is 14.0. The standard InChI is InChI=1S/C13H12ClN3O2/c1-7-3-2-4-10(11(7)14)17-12-9(13(18)19)5-8(15)6-16-12/h2-6H,15H2,1H3,(H,16,17)(H,18,19). The Labute approximate surface area is 115 Å². The number of aromatic carboxylic acids is 1. The van der Waals surface area contributed by atoms with Crippen LogP contribution in [0.4, 0.5) is 17.2 Å². The maximum Gasteiger partial charge on any atom is 0.339 e. The molecule has 0 aliphatic heterocycles. The number of nitrogens with zero attached hydrogens (tertiary/aromatic N) is 1. The highest BCUT2D eigenvalue weighted by Gasteiger charge is 2.13. The fourth-order valence-electron chi connectivity index (χ4n) is 1.62. The number of nitrogen functional groups attached to an aromatic ring is 1. The van der Waals surface area contributed by atoms with Gasteiger partial charge in [-0.05, 0) is 24.6 Å². The number of carbonyl (C=O) groups is 1. The average Bonchev–Trinajstić information content (AvgIpc) is 2.36. The molecule has 6 heteroatoms. The number of anilines is 3. The minimum Gasteiger partial charge on any atom is -0.478 e. The van der Waals surface area contributed by atoms with Crippen molar-refractivity contribution in [2.24, 2.45) is 0 Å². The molecule has 0 radical (unpaired) electrons. The number of rotatable bonds is 3. The molecule has 1 aromatic heterocycles.